The molecule has 1 aliphatic rings. The van der Waals surface area contributed by atoms with Gasteiger partial charge in [-0.25, -0.2) is 0 Å². The fraction of sp³-hybridized carbons (Fsp3) is 0.588. The van der Waals surface area contributed by atoms with Gasteiger partial charge in [0.1, 0.15) is 5.75 Å². The van der Waals surface area contributed by atoms with Gasteiger partial charge in [0.25, 0.3) is 0 Å². The van der Waals surface area contributed by atoms with Crippen LogP contribution in [0.2, 0.25) is 0 Å². The van der Waals surface area contributed by atoms with Crippen molar-refractivity contribution in [1.29, 1.82) is 0 Å². The SMILES string of the molecule is CCCC(C)(N)C(=O)NC1CCN(c2ccccc2OC)C1.Cl. The van der Waals surface area contributed by atoms with Gasteiger partial charge >= 0.3 is 0 Å². The Bertz CT molecular complexity index is 522. The van der Waals surface area contributed by atoms with E-state index in [-0.39, 0.29) is 24.4 Å². The Labute approximate surface area is 145 Å². The molecular weight excluding hydrogens is 314 g/mol. The fourth-order valence-corrected chi connectivity index (χ4v) is 2.97. The van der Waals surface area contributed by atoms with E-state index in [0.29, 0.717) is 6.42 Å². The second-order valence-corrected chi connectivity index (χ2v) is 6.24. The van der Waals surface area contributed by atoms with Crippen LogP contribution in [0.5, 0.6) is 5.75 Å². The molecule has 2 unspecified atom stereocenters. The Hall–Kier alpha value is -1.46. The molecule has 0 radical (unpaired) electrons. The summed E-state index contributed by atoms with van der Waals surface area (Å²) in [5.41, 5.74) is 6.38. The van der Waals surface area contributed by atoms with Crippen molar-refractivity contribution < 1.29 is 9.53 Å². The smallest absolute Gasteiger partial charge is 0.240 e. The van der Waals surface area contributed by atoms with E-state index in [0.717, 1.165) is 37.4 Å². The lowest BCUT2D eigenvalue weighted by Crippen LogP contribution is -2.54. The fourth-order valence-electron chi connectivity index (χ4n) is 2.97. The number of nitrogens with one attached hydrogen (secondary N) is 1. The molecule has 3 N–H and O–H groups in total. The Morgan fingerprint density at radius 3 is 2.83 bits per heavy atom. The molecule has 1 aliphatic heterocycles. The van der Waals surface area contributed by atoms with Gasteiger partial charge < -0.3 is 20.7 Å². The van der Waals surface area contributed by atoms with E-state index >= 15 is 0 Å². The third-order valence-corrected chi connectivity index (χ3v) is 4.24. The molecule has 23 heavy (non-hydrogen) atoms. The maximum absolute atomic E-state index is 12.3. The maximum atomic E-state index is 12.3. The number of nitrogens with two attached hydrogens (primary N) is 1. The average molecular weight is 342 g/mol. The Balaban J connectivity index is 0.00000264. The molecule has 0 aromatic heterocycles. The van der Waals surface area contributed by atoms with Gasteiger partial charge in [0.05, 0.1) is 18.3 Å². The minimum absolute atomic E-state index is 0. The number of hydrogen-bond donors (Lipinski definition) is 2. The average Bonchev–Trinajstić information content (AvgIpc) is 2.95. The van der Waals surface area contributed by atoms with Crippen LogP contribution < -0.4 is 20.7 Å². The summed E-state index contributed by atoms with van der Waals surface area (Å²) < 4.78 is 5.41. The van der Waals surface area contributed by atoms with E-state index in [9.17, 15) is 4.79 Å². The number of carbonyl (C=O) groups excluding carboxylic acids is 1. The number of anilines is 1. The lowest BCUT2D eigenvalue weighted by molar-refractivity contribution is -0.126. The van der Waals surface area contributed by atoms with Crippen LogP contribution in [-0.4, -0.2) is 37.7 Å². The maximum Gasteiger partial charge on any atom is 0.240 e. The minimum atomic E-state index is -0.785. The molecule has 1 heterocycles. The molecule has 1 amide bonds. The van der Waals surface area contributed by atoms with Gasteiger partial charge in [-0.15, -0.1) is 12.4 Å². The number of ether oxygens (including phenoxy) is 1. The lowest BCUT2D eigenvalue weighted by atomic mass is 9.96. The largest absolute Gasteiger partial charge is 0.495 e. The van der Waals surface area contributed by atoms with Crippen molar-refractivity contribution in [3.05, 3.63) is 24.3 Å². The van der Waals surface area contributed by atoms with Crippen LogP contribution in [0.15, 0.2) is 24.3 Å². The van der Waals surface area contributed by atoms with Crippen molar-refractivity contribution in [3.8, 4) is 5.75 Å². The first-order valence-electron chi connectivity index (χ1n) is 7.95. The summed E-state index contributed by atoms with van der Waals surface area (Å²) >= 11 is 0. The third kappa shape index (κ3) is 4.75. The summed E-state index contributed by atoms with van der Waals surface area (Å²) in [6.07, 6.45) is 2.52. The number of methoxy groups -OCH3 is 1. The first kappa shape index (κ1) is 19.6. The summed E-state index contributed by atoms with van der Waals surface area (Å²) in [6, 6.07) is 8.11. The van der Waals surface area contributed by atoms with Gasteiger partial charge in [0.15, 0.2) is 0 Å². The zero-order valence-electron chi connectivity index (χ0n) is 14.2. The molecular formula is C17H28ClN3O2. The van der Waals surface area contributed by atoms with Crippen molar-refractivity contribution in [1.82, 2.24) is 5.32 Å². The summed E-state index contributed by atoms with van der Waals surface area (Å²) in [7, 11) is 1.68. The second kappa shape index (κ2) is 8.41. The van der Waals surface area contributed by atoms with Crippen molar-refractivity contribution in [2.45, 2.75) is 44.7 Å². The van der Waals surface area contributed by atoms with Crippen LogP contribution in [0, 0.1) is 0 Å². The molecule has 1 saturated heterocycles. The quantitative estimate of drug-likeness (QED) is 0.833. The van der Waals surface area contributed by atoms with Crippen LogP contribution in [0.4, 0.5) is 5.69 Å². The molecule has 5 nitrogen and oxygen atoms in total. The Morgan fingerprint density at radius 2 is 2.17 bits per heavy atom. The molecule has 1 fully saturated rings. The molecule has 0 bridgehead atoms. The van der Waals surface area contributed by atoms with Gasteiger partial charge in [-0.3, -0.25) is 4.79 Å². The molecule has 2 rings (SSSR count). The predicted octanol–water partition coefficient (Wildman–Crippen LogP) is 2.33. The summed E-state index contributed by atoms with van der Waals surface area (Å²) in [6.45, 7) is 5.53. The van der Waals surface area contributed by atoms with Crippen LogP contribution >= 0.6 is 12.4 Å². The standard InChI is InChI=1S/C17H27N3O2.ClH/c1-4-10-17(2,18)16(21)19-13-9-11-20(12-13)14-7-5-6-8-15(14)22-3;/h5-8,13H,4,9-12,18H2,1-3H3,(H,19,21);1H. The van der Waals surface area contributed by atoms with Crippen LogP contribution in [-0.2, 0) is 4.79 Å². The second-order valence-electron chi connectivity index (χ2n) is 6.24. The first-order chi connectivity index (χ1) is 10.5. The van der Waals surface area contributed by atoms with Gasteiger partial charge in [-0.05, 0) is 31.9 Å². The van der Waals surface area contributed by atoms with E-state index in [1.165, 1.54) is 0 Å². The first-order valence-corrected chi connectivity index (χ1v) is 7.95. The van der Waals surface area contributed by atoms with E-state index in [2.05, 4.69) is 10.2 Å². The number of nitrogens with zero attached hydrogens (tertiary/aromatic N) is 1. The molecule has 1 aromatic rings. The number of para-hydroxylation sites is 2. The van der Waals surface area contributed by atoms with Crippen molar-refractivity contribution >= 4 is 24.0 Å². The highest BCUT2D eigenvalue weighted by Gasteiger charge is 2.32. The van der Waals surface area contributed by atoms with Crippen LogP contribution in [0.3, 0.4) is 0 Å². The van der Waals surface area contributed by atoms with Gasteiger partial charge in [-0.1, -0.05) is 25.5 Å². The Morgan fingerprint density at radius 1 is 1.48 bits per heavy atom. The lowest BCUT2D eigenvalue weighted by Gasteiger charge is -2.26. The van der Waals surface area contributed by atoms with Crippen LogP contribution in [0.1, 0.15) is 33.1 Å². The minimum Gasteiger partial charge on any atom is -0.495 e. The summed E-state index contributed by atoms with van der Waals surface area (Å²) in [5, 5.41) is 3.09. The predicted molar refractivity (Wildman–Crippen MR) is 96.5 cm³/mol. The topological polar surface area (TPSA) is 67.6 Å². The highest BCUT2D eigenvalue weighted by atomic mass is 35.5. The highest BCUT2D eigenvalue weighted by Crippen LogP contribution is 2.30. The summed E-state index contributed by atoms with van der Waals surface area (Å²) in [4.78, 5) is 14.5. The number of carbonyl (C=O) groups is 1. The van der Waals surface area contributed by atoms with Gasteiger partial charge in [0.2, 0.25) is 5.91 Å². The molecule has 1 aromatic carbocycles. The van der Waals surface area contributed by atoms with Crippen molar-refractivity contribution in [2.24, 2.45) is 5.73 Å². The normalized spacial score (nSPS) is 19.7. The van der Waals surface area contributed by atoms with Gasteiger partial charge in [-0.2, -0.15) is 0 Å². The highest BCUT2D eigenvalue weighted by molar-refractivity contribution is 5.86. The molecule has 0 saturated carbocycles. The van der Waals surface area contributed by atoms with E-state index in [1.807, 2.05) is 31.2 Å². The molecule has 0 spiro atoms. The summed E-state index contributed by atoms with van der Waals surface area (Å²) in [5.74, 6) is 0.811. The zero-order valence-corrected chi connectivity index (χ0v) is 15.0. The number of amides is 1. The number of hydrogen-bond acceptors (Lipinski definition) is 4. The number of halogens is 1. The van der Waals surface area contributed by atoms with Gasteiger partial charge in [0, 0.05) is 19.1 Å². The molecule has 130 valence electrons. The van der Waals surface area contributed by atoms with Crippen molar-refractivity contribution in [2.75, 3.05) is 25.1 Å². The monoisotopic (exact) mass is 341 g/mol. The van der Waals surface area contributed by atoms with E-state index < -0.39 is 5.54 Å². The van der Waals surface area contributed by atoms with E-state index in [4.69, 9.17) is 10.5 Å². The van der Waals surface area contributed by atoms with E-state index in [1.54, 1.807) is 14.0 Å². The van der Waals surface area contributed by atoms with Crippen molar-refractivity contribution in [3.63, 3.8) is 0 Å². The van der Waals surface area contributed by atoms with Crippen LogP contribution in [0.25, 0.3) is 0 Å². The number of rotatable bonds is 6. The molecule has 0 aliphatic carbocycles. The third-order valence-electron chi connectivity index (χ3n) is 4.24. The molecule has 6 heteroatoms. The Kier molecular flexibility index (Phi) is 7.16. The molecule has 2 atom stereocenters. The zero-order chi connectivity index (χ0) is 16.2. The number of benzene rings is 1.